The first-order chi connectivity index (χ1) is 8.71. The zero-order valence-corrected chi connectivity index (χ0v) is 12.1. The summed E-state index contributed by atoms with van der Waals surface area (Å²) in [5.74, 6) is -1.39. The van der Waals surface area contributed by atoms with E-state index >= 15 is 0 Å². The van der Waals surface area contributed by atoms with Gasteiger partial charge in [0.05, 0.1) is 24.3 Å². The highest BCUT2D eigenvalue weighted by molar-refractivity contribution is 7.15. The van der Waals surface area contributed by atoms with Crippen LogP contribution in [-0.2, 0) is 16.1 Å². The molecule has 0 fully saturated rings. The Balaban J connectivity index is 3.28. The summed E-state index contributed by atoms with van der Waals surface area (Å²) in [6.45, 7) is 4.76. The second-order valence-electron chi connectivity index (χ2n) is 4.79. The van der Waals surface area contributed by atoms with Crippen LogP contribution in [0.1, 0.15) is 45.7 Å². The first kappa shape index (κ1) is 15.5. The minimum absolute atomic E-state index is 0.0401. The summed E-state index contributed by atoms with van der Waals surface area (Å²) >= 11 is 0.923. The maximum Gasteiger partial charge on any atom is 0.349 e. The van der Waals surface area contributed by atoms with E-state index in [0.717, 1.165) is 11.3 Å². The van der Waals surface area contributed by atoms with Crippen LogP contribution in [0.25, 0.3) is 0 Å². The van der Waals surface area contributed by atoms with Crippen LogP contribution in [0.3, 0.4) is 0 Å². The van der Waals surface area contributed by atoms with E-state index in [1.54, 1.807) is 20.8 Å². The summed E-state index contributed by atoms with van der Waals surface area (Å²) in [6.07, 6.45) is 0. The van der Waals surface area contributed by atoms with E-state index in [0.29, 0.717) is 4.88 Å². The predicted molar refractivity (Wildman–Crippen MR) is 71.2 cm³/mol. The molecule has 0 aliphatic rings. The monoisotopic (exact) mass is 287 g/mol. The molecule has 0 amide bonds. The molecular formula is C12H17NO5S. The van der Waals surface area contributed by atoms with Crippen molar-refractivity contribution in [2.75, 3.05) is 12.8 Å². The van der Waals surface area contributed by atoms with Crippen molar-refractivity contribution in [3.8, 4) is 0 Å². The summed E-state index contributed by atoms with van der Waals surface area (Å²) in [7, 11) is 1.20. The van der Waals surface area contributed by atoms with Crippen LogP contribution in [0.4, 0.5) is 5.69 Å². The van der Waals surface area contributed by atoms with Crippen molar-refractivity contribution in [1.82, 2.24) is 0 Å². The van der Waals surface area contributed by atoms with Gasteiger partial charge in [0.25, 0.3) is 0 Å². The molecule has 0 radical (unpaired) electrons. The lowest BCUT2D eigenvalue weighted by molar-refractivity contribution is 0.00674. The van der Waals surface area contributed by atoms with Crippen LogP contribution in [0.2, 0.25) is 0 Å². The second-order valence-corrected chi connectivity index (χ2v) is 5.90. The van der Waals surface area contributed by atoms with Crippen molar-refractivity contribution in [1.29, 1.82) is 0 Å². The van der Waals surface area contributed by atoms with Crippen molar-refractivity contribution in [2.24, 2.45) is 0 Å². The molecule has 0 spiro atoms. The van der Waals surface area contributed by atoms with Gasteiger partial charge in [-0.3, -0.25) is 0 Å². The van der Waals surface area contributed by atoms with Gasteiger partial charge in [-0.25, -0.2) is 9.59 Å². The number of hydrogen-bond acceptors (Lipinski definition) is 7. The number of rotatable bonds is 3. The van der Waals surface area contributed by atoms with Gasteiger partial charge in [-0.2, -0.15) is 0 Å². The highest BCUT2D eigenvalue weighted by Crippen LogP contribution is 2.33. The molecule has 0 atom stereocenters. The van der Waals surface area contributed by atoms with Crippen LogP contribution in [0.5, 0.6) is 0 Å². The number of nitrogens with two attached hydrogens (primary N) is 1. The van der Waals surface area contributed by atoms with Crippen molar-refractivity contribution in [2.45, 2.75) is 33.0 Å². The standard InChI is InChI=1S/C12H17NO5S/c1-12(2,3)18-10(15)7-8(13)6(5-14)19-9(7)11(16)17-4/h14H,5,13H2,1-4H3. The van der Waals surface area contributed by atoms with E-state index in [9.17, 15) is 9.59 Å². The Bertz CT molecular complexity index is 501. The van der Waals surface area contributed by atoms with E-state index in [4.69, 9.17) is 15.6 Å². The van der Waals surface area contributed by atoms with Gasteiger partial charge < -0.3 is 20.3 Å². The lowest BCUT2D eigenvalue weighted by Gasteiger charge is -2.19. The maximum absolute atomic E-state index is 12.1. The fraction of sp³-hybridized carbons (Fsp3) is 0.500. The molecule has 0 saturated heterocycles. The minimum Gasteiger partial charge on any atom is -0.465 e. The summed E-state index contributed by atoms with van der Waals surface area (Å²) < 4.78 is 9.79. The third kappa shape index (κ3) is 3.45. The Morgan fingerprint density at radius 3 is 2.32 bits per heavy atom. The lowest BCUT2D eigenvalue weighted by atomic mass is 10.1. The zero-order chi connectivity index (χ0) is 14.8. The number of aliphatic hydroxyl groups is 1. The average molecular weight is 287 g/mol. The van der Waals surface area contributed by atoms with Gasteiger partial charge in [-0.15, -0.1) is 11.3 Å². The number of carbonyl (C=O) groups is 2. The Kier molecular flexibility index (Phi) is 4.54. The normalized spacial score (nSPS) is 11.2. The van der Waals surface area contributed by atoms with E-state index in [1.165, 1.54) is 7.11 Å². The number of hydrogen-bond donors (Lipinski definition) is 2. The molecule has 0 aromatic carbocycles. The zero-order valence-electron chi connectivity index (χ0n) is 11.3. The van der Waals surface area contributed by atoms with Gasteiger partial charge >= 0.3 is 11.9 Å². The number of methoxy groups -OCH3 is 1. The number of nitrogen functional groups attached to an aromatic ring is 1. The van der Waals surface area contributed by atoms with Crippen LogP contribution >= 0.6 is 11.3 Å². The molecule has 7 heteroatoms. The largest absolute Gasteiger partial charge is 0.465 e. The molecule has 0 aliphatic carbocycles. The third-order valence-corrected chi connectivity index (χ3v) is 3.31. The minimum atomic E-state index is -0.710. The highest BCUT2D eigenvalue weighted by atomic mass is 32.1. The van der Waals surface area contributed by atoms with Crippen LogP contribution < -0.4 is 5.73 Å². The summed E-state index contributed by atoms with van der Waals surface area (Å²) in [4.78, 5) is 24.1. The lowest BCUT2D eigenvalue weighted by Crippen LogP contribution is -2.25. The molecule has 0 aliphatic heterocycles. The molecule has 3 N–H and O–H groups in total. The summed E-state index contributed by atoms with van der Waals surface area (Å²) in [5.41, 5.74) is 5.07. The highest BCUT2D eigenvalue weighted by Gasteiger charge is 2.30. The molecule has 1 aromatic heterocycles. The number of thiophene rings is 1. The first-order valence-corrected chi connectivity index (χ1v) is 6.36. The molecular weight excluding hydrogens is 270 g/mol. The van der Waals surface area contributed by atoms with E-state index < -0.39 is 17.5 Å². The number of aliphatic hydroxyl groups excluding tert-OH is 1. The SMILES string of the molecule is COC(=O)c1sc(CO)c(N)c1C(=O)OC(C)(C)C. The number of ether oxygens (including phenoxy) is 2. The van der Waals surface area contributed by atoms with Crippen LogP contribution in [0, 0.1) is 0 Å². The van der Waals surface area contributed by atoms with Gasteiger partial charge in [-0.1, -0.05) is 0 Å². The van der Waals surface area contributed by atoms with Crippen molar-refractivity contribution >= 4 is 29.0 Å². The van der Waals surface area contributed by atoms with E-state index in [2.05, 4.69) is 4.74 Å². The molecule has 0 bridgehead atoms. The molecule has 1 rings (SSSR count). The van der Waals surface area contributed by atoms with E-state index in [1.807, 2.05) is 0 Å². The quantitative estimate of drug-likeness (QED) is 0.819. The van der Waals surface area contributed by atoms with Gasteiger partial charge in [0.2, 0.25) is 0 Å². The molecule has 0 unspecified atom stereocenters. The van der Waals surface area contributed by atoms with Crippen molar-refractivity contribution in [3.63, 3.8) is 0 Å². The van der Waals surface area contributed by atoms with Crippen LogP contribution in [-0.4, -0.2) is 29.8 Å². The second kappa shape index (κ2) is 5.58. The topological polar surface area (TPSA) is 98.9 Å². The molecule has 1 heterocycles. The maximum atomic E-state index is 12.1. The van der Waals surface area contributed by atoms with Gasteiger partial charge in [0.1, 0.15) is 16.0 Å². The molecule has 106 valence electrons. The third-order valence-electron chi connectivity index (χ3n) is 2.14. The Morgan fingerprint density at radius 1 is 1.32 bits per heavy atom. The molecule has 1 aromatic rings. The Hall–Kier alpha value is -1.60. The molecule has 6 nitrogen and oxygen atoms in total. The van der Waals surface area contributed by atoms with Gasteiger partial charge in [-0.05, 0) is 20.8 Å². The summed E-state index contributed by atoms with van der Waals surface area (Å²) in [5, 5.41) is 9.15. The molecule has 0 saturated carbocycles. The van der Waals surface area contributed by atoms with Crippen LogP contribution in [0.15, 0.2) is 0 Å². The fourth-order valence-electron chi connectivity index (χ4n) is 1.38. The van der Waals surface area contributed by atoms with Crippen molar-refractivity contribution < 1.29 is 24.2 Å². The number of anilines is 1. The number of carbonyl (C=O) groups excluding carboxylic acids is 2. The molecule has 19 heavy (non-hydrogen) atoms. The van der Waals surface area contributed by atoms with E-state index in [-0.39, 0.29) is 22.7 Å². The Labute approximate surface area is 115 Å². The first-order valence-electron chi connectivity index (χ1n) is 5.55. The number of esters is 2. The fourth-order valence-corrected chi connectivity index (χ4v) is 2.36. The summed E-state index contributed by atoms with van der Waals surface area (Å²) in [6, 6.07) is 0. The average Bonchev–Trinajstić information content (AvgIpc) is 2.63. The van der Waals surface area contributed by atoms with Crippen molar-refractivity contribution in [3.05, 3.63) is 15.3 Å². The smallest absolute Gasteiger partial charge is 0.349 e. The Morgan fingerprint density at radius 2 is 1.89 bits per heavy atom. The van der Waals surface area contributed by atoms with Gasteiger partial charge in [0.15, 0.2) is 0 Å². The predicted octanol–water partition coefficient (Wildman–Crippen LogP) is 1.56. The van der Waals surface area contributed by atoms with Gasteiger partial charge in [0, 0.05) is 0 Å².